The Morgan fingerprint density at radius 3 is 2.61 bits per heavy atom. The fourth-order valence-corrected chi connectivity index (χ4v) is 2.73. The van der Waals surface area contributed by atoms with Crippen LogP contribution in [0.15, 0.2) is 23.1 Å². The van der Waals surface area contributed by atoms with Crippen molar-refractivity contribution in [3.8, 4) is 0 Å². The Hall–Kier alpha value is -0.920. The van der Waals surface area contributed by atoms with Gasteiger partial charge in [-0.15, -0.1) is 4.52 Å². The summed E-state index contributed by atoms with van der Waals surface area (Å²) in [5.41, 5.74) is 0.228. The normalized spacial score (nSPS) is 12.5. The number of hydrogen-bond acceptors (Lipinski definition) is 6. The Morgan fingerprint density at radius 2 is 2.06 bits per heavy atom. The van der Waals surface area contributed by atoms with Crippen LogP contribution < -0.4 is 0 Å². The van der Waals surface area contributed by atoms with Crippen molar-refractivity contribution in [2.24, 2.45) is 0 Å². The third-order valence-corrected chi connectivity index (χ3v) is 3.81. The van der Waals surface area contributed by atoms with Gasteiger partial charge < -0.3 is 0 Å². The molecule has 0 heterocycles. The second-order valence-corrected chi connectivity index (χ2v) is 5.50. The number of rotatable bonds is 6. The van der Waals surface area contributed by atoms with Crippen molar-refractivity contribution in [1.29, 1.82) is 0 Å². The lowest BCUT2D eigenvalue weighted by Crippen LogP contribution is -2.10. The highest BCUT2D eigenvalue weighted by molar-refractivity contribution is 7.86. The second kappa shape index (κ2) is 6.31. The molecular weight excluding hydrogens is 286 g/mol. The largest absolute Gasteiger partial charge is 0.729 e. The lowest BCUT2D eigenvalue weighted by molar-refractivity contribution is -0.0964. The van der Waals surface area contributed by atoms with E-state index in [0.717, 1.165) is 13.2 Å². The summed E-state index contributed by atoms with van der Waals surface area (Å²) >= 11 is 0. The van der Waals surface area contributed by atoms with Gasteiger partial charge in [-0.05, 0) is 18.1 Å². The maximum absolute atomic E-state index is 13.5. The Morgan fingerprint density at radius 1 is 1.39 bits per heavy atom. The molecule has 0 aliphatic carbocycles. The quantitative estimate of drug-likeness (QED) is 0.455. The molecule has 1 aromatic carbocycles. The summed E-state index contributed by atoms with van der Waals surface area (Å²) in [6, 6.07) is 3.80. The summed E-state index contributed by atoms with van der Waals surface area (Å²) in [6.45, 7) is 1.66. The lowest BCUT2D eigenvalue weighted by atomic mass is 10.2. The average molecular weight is 297 g/mol. The molecule has 0 saturated carbocycles. The first-order chi connectivity index (χ1) is 8.42. The van der Waals surface area contributed by atoms with Crippen molar-refractivity contribution >= 4 is 18.4 Å². The topological polar surface area (TPSA) is 78.9 Å². The zero-order valence-electron chi connectivity index (χ0n) is 9.62. The molecule has 0 aliphatic rings. The van der Waals surface area contributed by atoms with Gasteiger partial charge in [0, 0.05) is 4.57 Å². The Bertz CT molecular complexity index is 544. The van der Waals surface area contributed by atoms with Gasteiger partial charge in [-0.3, -0.25) is 0 Å². The van der Waals surface area contributed by atoms with E-state index >= 15 is 0 Å². The number of hydrogen-bond donors (Lipinski definition) is 0. The fraction of sp³-hybridized carbons (Fsp3) is 0.333. The van der Waals surface area contributed by atoms with Gasteiger partial charge in [0.25, 0.3) is 0 Å². The Balaban J connectivity index is 3.09. The van der Waals surface area contributed by atoms with E-state index in [1.165, 1.54) is 12.1 Å². The summed E-state index contributed by atoms with van der Waals surface area (Å²) in [7, 11) is -6.19. The van der Waals surface area contributed by atoms with E-state index in [1.54, 1.807) is 6.92 Å². The predicted octanol–water partition coefficient (Wildman–Crippen LogP) is 2.33. The highest BCUT2D eigenvalue weighted by atomic mass is 32.2. The van der Waals surface area contributed by atoms with E-state index in [1.807, 2.05) is 0 Å². The first-order valence-corrected chi connectivity index (χ1v) is 7.32. The lowest BCUT2D eigenvalue weighted by Gasteiger charge is -2.06. The maximum atomic E-state index is 13.5. The monoisotopic (exact) mass is 297 g/mol. The molecule has 1 aromatic rings. The van der Waals surface area contributed by atoms with Crippen LogP contribution in [0, 0.1) is 5.82 Å². The minimum Gasteiger partial charge on any atom is -0.205 e. The van der Waals surface area contributed by atoms with Gasteiger partial charge >= 0.3 is 18.4 Å². The molecule has 0 radical (unpaired) electrons. The maximum Gasteiger partial charge on any atom is 0.729 e. The van der Waals surface area contributed by atoms with Crippen LogP contribution in [0.5, 0.6) is 0 Å². The van der Waals surface area contributed by atoms with Crippen molar-refractivity contribution in [3.63, 3.8) is 0 Å². The first kappa shape index (κ1) is 15.1. The molecule has 0 aromatic heterocycles. The number of halogens is 1. The standard InChI is InChI=1S/C9H11FO6PS/c1-3-7-5-4-6-8(10)9(7)18(12,13)16-15-17(11)14-2/h4-6H,3H2,1-2H3/q+1. The molecular formula is C9H11FO6PS+. The third kappa shape index (κ3) is 3.54. The average Bonchev–Trinajstić information content (AvgIpc) is 2.35. The molecule has 0 amide bonds. The van der Waals surface area contributed by atoms with Gasteiger partial charge in [0.05, 0.1) is 11.8 Å². The van der Waals surface area contributed by atoms with Crippen molar-refractivity contribution in [2.45, 2.75) is 18.2 Å². The van der Waals surface area contributed by atoms with Crippen molar-refractivity contribution < 1.29 is 30.9 Å². The van der Waals surface area contributed by atoms with Gasteiger partial charge in [-0.25, -0.2) is 4.39 Å². The minimum atomic E-state index is -4.50. The summed E-state index contributed by atoms with van der Waals surface area (Å²) in [4.78, 5) is -0.632. The van der Waals surface area contributed by atoms with Crippen LogP contribution in [0.25, 0.3) is 0 Å². The summed E-state index contributed by atoms with van der Waals surface area (Å²) in [5, 5.41) is 0. The van der Waals surface area contributed by atoms with Gasteiger partial charge in [0.2, 0.25) is 0 Å². The Labute approximate surface area is 105 Å². The fourth-order valence-electron chi connectivity index (χ4n) is 1.24. The highest BCUT2D eigenvalue weighted by Crippen LogP contribution is 2.28. The SMILES string of the molecule is CCc1cccc(F)c1S(=O)(=O)OO[P+](=O)OC. The van der Waals surface area contributed by atoms with Gasteiger partial charge in [-0.1, -0.05) is 23.4 Å². The second-order valence-electron chi connectivity index (χ2n) is 3.08. The Kier molecular flexibility index (Phi) is 5.30. The molecule has 9 heteroatoms. The first-order valence-electron chi connectivity index (χ1n) is 4.82. The molecule has 100 valence electrons. The van der Waals surface area contributed by atoms with Crippen LogP contribution in [0.4, 0.5) is 4.39 Å². The molecule has 0 spiro atoms. The van der Waals surface area contributed by atoms with Crippen molar-refractivity contribution in [2.75, 3.05) is 7.11 Å². The zero-order chi connectivity index (χ0) is 13.8. The van der Waals surface area contributed by atoms with E-state index in [0.29, 0.717) is 0 Å². The molecule has 1 atom stereocenters. The summed E-state index contributed by atoms with van der Waals surface area (Å²) in [6.07, 6.45) is 0.284. The van der Waals surface area contributed by atoms with Crippen LogP contribution in [0.3, 0.4) is 0 Å². The van der Waals surface area contributed by atoms with Gasteiger partial charge in [-0.2, -0.15) is 8.42 Å². The van der Waals surface area contributed by atoms with E-state index < -0.39 is 29.1 Å². The van der Waals surface area contributed by atoms with Crippen LogP contribution >= 0.6 is 8.25 Å². The zero-order valence-corrected chi connectivity index (χ0v) is 11.3. The summed E-state index contributed by atoms with van der Waals surface area (Å²) < 4.78 is 59.8. The van der Waals surface area contributed by atoms with E-state index in [9.17, 15) is 17.4 Å². The number of benzene rings is 1. The predicted molar refractivity (Wildman–Crippen MR) is 59.7 cm³/mol. The van der Waals surface area contributed by atoms with E-state index in [2.05, 4.69) is 13.5 Å². The van der Waals surface area contributed by atoms with Crippen LogP contribution in [0.2, 0.25) is 0 Å². The molecule has 0 N–H and O–H groups in total. The van der Waals surface area contributed by atoms with Crippen LogP contribution in [-0.2, 0) is 34.6 Å². The molecule has 0 fully saturated rings. The van der Waals surface area contributed by atoms with Gasteiger partial charge in [0.1, 0.15) is 10.7 Å². The minimum absolute atomic E-state index is 0.228. The van der Waals surface area contributed by atoms with Crippen molar-refractivity contribution in [1.82, 2.24) is 0 Å². The molecule has 0 saturated heterocycles. The highest BCUT2D eigenvalue weighted by Gasteiger charge is 2.30. The van der Waals surface area contributed by atoms with Crippen LogP contribution in [-0.4, -0.2) is 15.5 Å². The third-order valence-electron chi connectivity index (χ3n) is 2.01. The molecule has 1 rings (SSSR count). The van der Waals surface area contributed by atoms with Gasteiger partial charge in [0.15, 0.2) is 0 Å². The molecule has 1 unspecified atom stereocenters. The summed E-state index contributed by atoms with van der Waals surface area (Å²) in [5.74, 6) is -0.967. The van der Waals surface area contributed by atoms with Crippen molar-refractivity contribution in [3.05, 3.63) is 29.6 Å². The number of aryl methyl sites for hydroxylation is 1. The van der Waals surface area contributed by atoms with E-state index in [4.69, 9.17) is 0 Å². The molecule has 0 bridgehead atoms. The van der Waals surface area contributed by atoms with Crippen LogP contribution in [0.1, 0.15) is 12.5 Å². The smallest absolute Gasteiger partial charge is 0.205 e. The molecule has 0 aliphatic heterocycles. The molecule has 18 heavy (non-hydrogen) atoms. The molecule has 6 nitrogen and oxygen atoms in total. The van der Waals surface area contributed by atoms with E-state index in [-0.39, 0.29) is 12.0 Å².